The molecule has 0 bridgehead atoms. The number of hydrogen-bond donors (Lipinski definition) is 0. The summed E-state index contributed by atoms with van der Waals surface area (Å²) in [4.78, 5) is 16.7. The van der Waals surface area contributed by atoms with Crippen LogP contribution in [0.15, 0.2) is 66.4 Å². The first-order valence-corrected chi connectivity index (χ1v) is 13.6. The molecule has 9 heteroatoms. The van der Waals surface area contributed by atoms with Gasteiger partial charge in [-0.2, -0.15) is 0 Å². The van der Waals surface area contributed by atoms with E-state index in [1.165, 1.54) is 4.90 Å². The Balaban J connectivity index is 1.62. The van der Waals surface area contributed by atoms with Gasteiger partial charge in [0, 0.05) is 17.6 Å². The molecule has 0 saturated carbocycles. The summed E-state index contributed by atoms with van der Waals surface area (Å²) in [5.41, 5.74) is 2.82. The van der Waals surface area contributed by atoms with Crippen molar-refractivity contribution in [3.63, 3.8) is 0 Å². The zero-order valence-electron chi connectivity index (χ0n) is 20.7. The number of hydrogen-bond acceptors (Lipinski definition) is 5. The number of nitrogens with zero attached hydrogens (tertiary/aromatic N) is 2. The van der Waals surface area contributed by atoms with Gasteiger partial charge in [-0.05, 0) is 103 Å². The van der Waals surface area contributed by atoms with Crippen LogP contribution in [-0.2, 0) is 11.4 Å². The van der Waals surface area contributed by atoms with E-state index in [1.54, 1.807) is 11.9 Å². The number of carbonyl (C=O) groups excluding carboxylic acids is 1. The highest BCUT2D eigenvalue weighted by atomic mass is 127. The van der Waals surface area contributed by atoms with Crippen molar-refractivity contribution in [3.8, 4) is 17.2 Å². The highest BCUT2D eigenvalue weighted by Crippen LogP contribution is 2.37. The van der Waals surface area contributed by atoms with Gasteiger partial charge in [-0.15, -0.1) is 0 Å². The minimum absolute atomic E-state index is 0.205. The number of rotatable bonds is 9. The van der Waals surface area contributed by atoms with Crippen LogP contribution in [0.5, 0.6) is 17.2 Å². The lowest BCUT2D eigenvalue weighted by Gasteiger charge is -2.17. The predicted molar refractivity (Wildman–Crippen MR) is 160 cm³/mol. The van der Waals surface area contributed by atoms with Crippen molar-refractivity contribution in [1.82, 2.24) is 4.90 Å². The summed E-state index contributed by atoms with van der Waals surface area (Å²) >= 11 is 14.1. The molecule has 0 N–H and O–H groups in total. The Hall–Kier alpha value is -2.82. The molecule has 0 radical (unpaired) electrons. The van der Waals surface area contributed by atoms with Crippen molar-refractivity contribution in [1.29, 1.82) is 0 Å². The average molecular weight is 649 g/mol. The molecule has 37 heavy (non-hydrogen) atoms. The van der Waals surface area contributed by atoms with E-state index < -0.39 is 0 Å². The molecule has 3 aromatic rings. The summed E-state index contributed by atoms with van der Waals surface area (Å²) in [6.07, 6.45) is 1.81. The lowest BCUT2D eigenvalue weighted by molar-refractivity contribution is -0.114. The van der Waals surface area contributed by atoms with Gasteiger partial charge in [0.05, 0.1) is 22.5 Å². The van der Waals surface area contributed by atoms with Gasteiger partial charge >= 0.3 is 0 Å². The molecular weight excluding hydrogens is 623 g/mol. The van der Waals surface area contributed by atoms with Gasteiger partial charge < -0.3 is 19.1 Å². The summed E-state index contributed by atoms with van der Waals surface area (Å²) in [5.74, 6) is 1.75. The molecule has 0 aromatic heterocycles. The van der Waals surface area contributed by atoms with Crippen LogP contribution in [0.3, 0.4) is 0 Å². The van der Waals surface area contributed by atoms with Crippen molar-refractivity contribution in [2.75, 3.05) is 25.2 Å². The van der Waals surface area contributed by atoms with Crippen molar-refractivity contribution >= 4 is 69.2 Å². The molecule has 0 aliphatic carbocycles. The zero-order chi connectivity index (χ0) is 26.5. The Labute approximate surface area is 240 Å². The Bertz CT molecular complexity index is 1350. The third-order valence-electron chi connectivity index (χ3n) is 5.63. The predicted octanol–water partition coefficient (Wildman–Crippen LogP) is 6.93. The zero-order valence-corrected chi connectivity index (χ0v) is 24.4. The standard InChI is InChI=1S/C28H26ClIN2O4S/c1-4-34-21-12-10-20(11-13-21)32-27(33)24(31(3)28(32)37)15-18-14-23(30)26(25(16-18)35-5-2)36-17-19-8-6-7-9-22(19)29/h6-16H,4-5,17H2,1-3H3/b24-15-. The second-order valence-corrected chi connectivity index (χ2v) is 10.0. The molecule has 1 amide bonds. The van der Waals surface area contributed by atoms with Gasteiger partial charge in [0.25, 0.3) is 5.91 Å². The number of thiocarbonyl (C=S) groups is 1. The first kappa shape index (κ1) is 27.2. The minimum Gasteiger partial charge on any atom is -0.494 e. The Morgan fingerprint density at radius 2 is 1.70 bits per heavy atom. The van der Waals surface area contributed by atoms with Crippen molar-refractivity contribution in [2.45, 2.75) is 20.5 Å². The number of likely N-dealkylation sites (N-methyl/N-ethyl adjacent to an activating group) is 1. The molecule has 6 nitrogen and oxygen atoms in total. The van der Waals surface area contributed by atoms with E-state index >= 15 is 0 Å². The minimum atomic E-state index is -0.205. The van der Waals surface area contributed by atoms with E-state index in [0.29, 0.717) is 52.8 Å². The molecule has 0 atom stereocenters. The topological polar surface area (TPSA) is 51.2 Å². The van der Waals surface area contributed by atoms with Crippen LogP contribution in [0.2, 0.25) is 5.02 Å². The quantitative estimate of drug-likeness (QED) is 0.143. The van der Waals surface area contributed by atoms with Gasteiger partial charge in [-0.1, -0.05) is 29.8 Å². The lowest BCUT2D eigenvalue weighted by Crippen LogP contribution is -2.31. The molecule has 1 heterocycles. The number of ether oxygens (including phenoxy) is 3. The summed E-state index contributed by atoms with van der Waals surface area (Å²) in [6.45, 7) is 5.18. The Kier molecular flexibility index (Phi) is 8.94. The maximum absolute atomic E-state index is 13.4. The fourth-order valence-corrected chi connectivity index (χ4v) is 5.10. The van der Waals surface area contributed by atoms with Crippen LogP contribution in [0, 0.1) is 3.57 Å². The van der Waals surface area contributed by atoms with E-state index in [1.807, 2.05) is 80.6 Å². The van der Waals surface area contributed by atoms with E-state index in [9.17, 15) is 4.79 Å². The normalized spacial score (nSPS) is 14.5. The summed E-state index contributed by atoms with van der Waals surface area (Å²) in [7, 11) is 1.79. The third kappa shape index (κ3) is 6.02. The summed E-state index contributed by atoms with van der Waals surface area (Å²) in [6, 6.07) is 18.7. The number of halogens is 2. The molecule has 192 valence electrons. The molecule has 1 aliphatic rings. The van der Waals surface area contributed by atoms with Gasteiger partial charge in [0.2, 0.25) is 0 Å². The second-order valence-electron chi connectivity index (χ2n) is 8.08. The fraction of sp³-hybridized carbons (Fsp3) is 0.214. The highest BCUT2D eigenvalue weighted by Gasteiger charge is 2.36. The molecule has 0 unspecified atom stereocenters. The van der Waals surface area contributed by atoms with E-state index in [0.717, 1.165) is 20.4 Å². The smallest absolute Gasteiger partial charge is 0.281 e. The molecule has 0 spiro atoms. The van der Waals surface area contributed by atoms with Gasteiger partial charge in [0.15, 0.2) is 16.6 Å². The monoisotopic (exact) mass is 648 g/mol. The van der Waals surface area contributed by atoms with E-state index in [2.05, 4.69) is 22.6 Å². The first-order valence-electron chi connectivity index (χ1n) is 11.7. The summed E-state index contributed by atoms with van der Waals surface area (Å²) in [5, 5.41) is 1.05. The molecule has 4 rings (SSSR count). The molecule has 1 aliphatic heterocycles. The van der Waals surface area contributed by atoms with Crippen LogP contribution < -0.4 is 19.1 Å². The van der Waals surface area contributed by atoms with Crippen molar-refractivity contribution in [3.05, 3.63) is 86.1 Å². The van der Waals surface area contributed by atoms with Crippen LogP contribution in [0.4, 0.5) is 5.69 Å². The average Bonchev–Trinajstić information content (AvgIpc) is 3.08. The number of benzene rings is 3. The molecule has 1 fully saturated rings. The Morgan fingerprint density at radius 3 is 2.38 bits per heavy atom. The van der Waals surface area contributed by atoms with Crippen LogP contribution in [-0.4, -0.2) is 36.2 Å². The van der Waals surface area contributed by atoms with E-state index in [-0.39, 0.29) is 5.91 Å². The largest absolute Gasteiger partial charge is 0.494 e. The number of anilines is 1. The van der Waals surface area contributed by atoms with Crippen LogP contribution >= 0.6 is 46.4 Å². The van der Waals surface area contributed by atoms with Crippen LogP contribution in [0.1, 0.15) is 25.0 Å². The van der Waals surface area contributed by atoms with Gasteiger partial charge in [-0.25, -0.2) is 0 Å². The highest BCUT2D eigenvalue weighted by molar-refractivity contribution is 14.1. The fourth-order valence-electron chi connectivity index (χ4n) is 3.84. The lowest BCUT2D eigenvalue weighted by atomic mass is 10.1. The van der Waals surface area contributed by atoms with Gasteiger partial charge in [-0.3, -0.25) is 9.69 Å². The second kappa shape index (κ2) is 12.1. The molecular formula is C28H26ClIN2O4S. The maximum atomic E-state index is 13.4. The number of amides is 1. The SMILES string of the molecule is CCOc1ccc(N2C(=O)/C(=C/c3cc(I)c(OCc4ccccc4Cl)c(OCC)c3)N(C)C2=S)cc1. The summed E-state index contributed by atoms with van der Waals surface area (Å²) < 4.78 is 18.4. The van der Waals surface area contributed by atoms with Gasteiger partial charge in [0.1, 0.15) is 18.1 Å². The third-order valence-corrected chi connectivity index (χ3v) is 7.26. The van der Waals surface area contributed by atoms with Crippen LogP contribution in [0.25, 0.3) is 6.08 Å². The number of carbonyl (C=O) groups is 1. The first-order chi connectivity index (χ1) is 17.8. The van der Waals surface area contributed by atoms with E-state index in [4.69, 9.17) is 38.0 Å². The van der Waals surface area contributed by atoms with Crippen molar-refractivity contribution < 1.29 is 19.0 Å². The molecule has 1 saturated heterocycles. The Morgan fingerprint density at radius 1 is 1.00 bits per heavy atom. The molecule has 3 aromatic carbocycles. The van der Waals surface area contributed by atoms with Crippen molar-refractivity contribution in [2.24, 2.45) is 0 Å². The maximum Gasteiger partial charge on any atom is 0.281 e.